The van der Waals surface area contributed by atoms with Gasteiger partial charge >= 0.3 is 0 Å². The number of aryl methyl sites for hydroxylation is 1. The summed E-state index contributed by atoms with van der Waals surface area (Å²) in [6.07, 6.45) is 0.613. The standard InChI is InChI=1S/C22H19N3O3/c1-27-17-9-5-8-16(14-17)23-20(26)12-13-21-24-22(25-28-21)19-11-4-7-15-6-2-3-10-18(15)19/h2-11,14H,12-13H2,1H3,(H,23,26). The van der Waals surface area contributed by atoms with Crippen LogP contribution in [0, 0.1) is 0 Å². The number of ether oxygens (including phenoxy) is 1. The summed E-state index contributed by atoms with van der Waals surface area (Å²) in [4.78, 5) is 16.7. The van der Waals surface area contributed by atoms with Gasteiger partial charge in [0.15, 0.2) is 0 Å². The Labute approximate surface area is 162 Å². The van der Waals surface area contributed by atoms with Crippen LogP contribution in [-0.2, 0) is 11.2 Å². The molecule has 0 atom stereocenters. The van der Waals surface area contributed by atoms with E-state index in [4.69, 9.17) is 9.26 Å². The highest BCUT2D eigenvalue weighted by Gasteiger charge is 2.13. The molecular weight excluding hydrogens is 354 g/mol. The molecule has 0 aliphatic heterocycles. The molecule has 0 spiro atoms. The van der Waals surface area contributed by atoms with Gasteiger partial charge < -0.3 is 14.6 Å². The Balaban J connectivity index is 1.43. The predicted octanol–water partition coefficient (Wildman–Crippen LogP) is 4.47. The van der Waals surface area contributed by atoms with Crippen molar-refractivity contribution in [2.45, 2.75) is 12.8 Å². The van der Waals surface area contributed by atoms with Crippen LogP contribution in [0.1, 0.15) is 12.3 Å². The first-order valence-electron chi connectivity index (χ1n) is 8.97. The molecule has 1 heterocycles. The van der Waals surface area contributed by atoms with Crippen LogP contribution < -0.4 is 10.1 Å². The summed E-state index contributed by atoms with van der Waals surface area (Å²) >= 11 is 0. The van der Waals surface area contributed by atoms with Gasteiger partial charge in [-0.05, 0) is 22.9 Å². The van der Waals surface area contributed by atoms with E-state index in [0.717, 1.165) is 16.3 Å². The number of benzene rings is 3. The molecule has 0 radical (unpaired) electrons. The lowest BCUT2D eigenvalue weighted by atomic mass is 10.0. The molecule has 6 heteroatoms. The molecule has 0 bridgehead atoms. The van der Waals surface area contributed by atoms with E-state index in [-0.39, 0.29) is 12.3 Å². The van der Waals surface area contributed by atoms with Gasteiger partial charge in [0.1, 0.15) is 5.75 Å². The predicted molar refractivity (Wildman–Crippen MR) is 107 cm³/mol. The van der Waals surface area contributed by atoms with Gasteiger partial charge in [0.05, 0.1) is 7.11 Å². The zero-order valence-corrected chi connectivity index (χ0v) is 15.4. The van der Waals surface area contributed by atoms with Gasteiger partial charge in [-0.3, -0.25) is 4.79 Å². The second-order valence-electron chi connectivity index (χ2n) is 6.32. The lowest BCUT2D eigenvalue weighted by Crippen LogP contribution is -2.12. The van der Waals surface area contributed by atoms with Crippen molar-refractivity contribution in [1.29, 1.82) is 0 Å². The van der Waals surface area contributed by atoms with Crippen LogP contribution in [0.25, 0.3) is 22.2 Å². The minimum Gasteiger partial charge on any atom is -0.497 e. The van der Waals surface area contributed by atoms with Crippen molar-refractivity contribution in [2.24, 2.45) is 0 Å². The quantitative estimate of drug-likeness (QED) is 0.540. The van der Waals surface area contributed by atoms with E-state index in [9.17, 15) is 4.79 Å². The summed E-state index contributed by atoms with van der Waals surface area (Å²) in [5.74, 6) is 1.52. The maximum absolute atomic E-state index is 12.2. The SMILES string of the molecule is COc1cccc(NC(=O)CCc2nc(-c3cccc4ccccc34)no2)c1. The zero-order valence-electron chi connectivity index (χ0n) is 15.4. The molecule has 4 rings (SSSR count). The Bertz CT molecular complexity index is 1120. The molecule has 6 nitrogen and oxygen atoms in total. The van der Waals surface area contributed by atoms with Crippen molar-refractivity contribution in [1.82, 2.24) is 10.1 Å². The molecule has 1 amide bonds. The number of carbonyl (C=O) groups is 1. The number of amides is 1. The molecule has 28 heavy (non-hydrogen) atoms. The Morgan fingerprint density at radius 3 is 2.79 bits per heavy atom. The first kappa shape index (κ1) is 17.7. The van der Waals surface area contributed by atoms with Gasteiger partial charge in [0.25, 0.3) is 0 Å². The number of hydrogen-bond acceptors (Lipinski definition) is 5. The van der Waals surface area contributed by atoms with Crippen LogP contribution in [0.4, 0.5) is 5.69 Å². The fraction of sp³-hybridized carbons (Fsp3) is 0.136. The van der Waals surface area contributed by atoms with Gasteiger partial charge in [-0.2, -0.15) is 4.98 Å². The smallest absolute Gasteiger partial charge is 0.227 e. The molecule has 0 saturated heterocycles. The maximum Gasteiger partial charge on any atom is 0.227 e. The van der Waals surface area contributed by atoms with Gasteiger partial charge in [-0.15, -0.1) is 0 Å². The van der Waals surface area contributed by atoms with Crippen LogP contribution in [0.3, 0.4) is 0 Å². The number of anilines is 1. The highest BCUT2D eigenvalue weighted by Crippen LogP contribution is 2.26. The Kier molecular flexibility index (Phi) is 5.01. The zero-order chi connectivity index (χ0) is 19.3. The van der Waals surface area contributed by atoms with Gasteiger partial charge in [-0.25, -0.2) is 0 Å². The molecule has 0 saturated carbocycles. The molecule has 0 unspecified atom stereocenters. The van der Waals surface area contributed by atoms with Crippen molar-refractivity contribution >= 4 is 22.4 Å². The highest BCUT2D eigenvalue weighted by atomic mass is 16.5. The Morgan fingerprint density at radius 1 is 1.07 bits per heavy atom. The van der Waals surface area contributed by atoms with Crippen molar-refractivity contribution in [3.05, 3.63) is 72.6 Å². The monoisotopic (exact) mass is 373 g/mol. The second kappa shape index (κ2) is 7.92. The van der Waals surface area contributed by atoms with Crippen LogP contribution in [0.5, 0.6) is 5.75 Å². The third-order valence-electron chi connectivity index (χ3n) is 4.42. The van der Waals surface area contributed by atoms with Gasteiger partial charge in [0.2, 0.25) is 17.6 Å². The topological polar surface area (TPSA) is 77.2 Å². The minimum atomic E-state index is -0.127. The average molecular weight is 373 g/mol. The fourth-order valence-corrected chi connectivity index (χ4v) is 3.03. The van der Waals surface area contributed by atoms with Gasteiger partial charge in [-0.1, -0.05) is 53.7 Å². The number of nitrogens with zero attached hydrogens (tertiary/aromatic N) is 2. The minimum absolute atomic E-state index is 0.127. The number of nitrogens with one attached hydrogen (secondary N) is 1. The third kappa shape index (κ3) is 3.86. The highest BCUT2D eigenvalue weighted by molar-refractivity contribution is 5.95. The van der Waals surface area contributed by atoms with E-state index >= 15 is 0 Å². The number of carbonyl (C=O) groups excluding carboxylic acids is 1. The van der Waals surface area contributed by atoms with Crippen LogP contribution in [-0.4, -0.2) is 23.2 Å². The van der Waals surface area contributed by atoms with E-state index in [1.54, 1.807) is 13.2 Å². The average Bonchev–Trinajstić information content (AvgIpc) is 3.21. The summed E-state index contributed by atoms with van der Waals surface area (Å²) in [6, 6.07) is 21.3. The van der Waals surface area contributed by atoms with Crippen molar-refractivity contribution in [3.63, 3.8) is 0 Å². The first-order chi connectivity index (χ1) is 13.7. The molecule has 0 aliphatic rings. The molecule has 0 fully saturated rings. The number of methoxy groups -OCH3 is 1. The third-order valence-corrected chi connectivity index (χ3v) is 4.42. The summed E-state index contributed by atoms with van der Waals surface area (Å²) < 4.78 is 10.5. The van der Waals surface area contributed by atoms with Crippen molar-refractivity contribution in [3.8, 4) is 17.1 Å². The van der Waals surface area contributed by atoms with Crippen molar-refractivity contribution in [2.75, 3.05) is 12.4 Å². The summed E-state index contributed by atoms with van der Waals surface area (Å²) in [7, 11) is 1.59. The van der Waals surface area contributed by atoms with Crippen LogP contribution in [0.2, 0.25) is 0 Å². The first-order valence-corrected chi connectivity index (χ1v) is 8.97. The molecule has 1 aromatic heterocycles. The van der Waals surface area contributed by atoms with E-state index < -0.39 is 0 Å². The van der Waals surface area contributed by atoms with Gasteiger partial charge in [0, 0.05) is 30.2 Å². The molecule has 4 aromatic rings. The second-order valence-corrected chi connectivity index (χ2v) is 6.32. The number of aromatic nitrogens is 2. The maximum atomic E-state index is 12.2. The van der Waals surface area contributed by atoms with E-state index in [1.165, 1.54) is 0 Å². The number of rotatable bonds is 6. The Hall–Kier alpha value is -3.67. The van der Waals surface area contributed by atoms with Crippen LogP contribution >= 0.6 is 0 Å². The lowest BCUT2D eigenvalue weighted by molar-refractivity contribution is -0.116. The summed E-state index contributed by atoms with van der Waals surface area (Å²) in [5, 5.41) is 9.11. The Morgan fingerprint density at radius 2 is 1.89 bits per heavy atom. The molecule has 3 aromatic carbocycles. The van der Waals surface area contributed by atoms with E-state index in [1.807, 2.05) is 60.7 Å². The number of fused-ring (bicyclic) bond motifs is 1. The molecule has 1 N–H and O–H groups in total. The van der Waals surface area contributed by atoms with E-state index in [2.05, 4.69) is 15.5 Å². The summed E-state index contributed by atoms with van der Waals surface area (Å²) in [5.41, 5.74) is 1.60. The number of hydrogen-bond donors (Lipinski definition) is 1. The fourth-order valence-electron chi connectivity index (χ4n) is 3.03. The summed E-state index contributed by atoms with van der Waals surface area (Å²) in [6.45, 7) is 0. The molecule has 140 valence electrons. The molecular formula is C22H19N3O3. The van der Waals surface area contributed by atoms with Crippen LogP contribution in [0.15, 0.2) is 71.3 Å². The lowest BCUT2D eigenvalue weighted by Gasteiger charge is -2.06. The molecule has 0 aliphatic carbocycles. The van der Waals surface area contributed by atoms with E-state index in [0.29, 0.717) is 29.6 Å². The largest absolute Gasteiger partial charge is 0.497 e. The van der Waals surface area contributed by atoms with Crippen molar-refractivity contribution < 1.29 is 14.1 Å². The normalized spacial score (nSPS) is 10.8.